The van der Waals surface area contributed by atoms with Crippen LogP contribution in [0.15, 0.2) is 24.3 Å². The van der Waals surface area contributed by atoms with Gasteiger partial charge in [0, 0.05) is 12.8 Å². The second-order valence-corrected chi connectivity index (χ2v) is 5.56. The maximum absolute atomic E-state index is 11.8. The number of likely N-dealkylation sites (N-methyl/N-ethyl adjacent to an activating group) is 1. The molecule has 1 unspecified atom stereocenters. The molecule has 1 aromatic rings. The summed E-state index contributed by atoms with van der Waals surface area (Å²) in [6, 6.07) is 5.93. The van der Waals surface area contributed by atoms with Crippen LogP contribution < -0.4 is 10.1 Å². The van der Waals surface area contributed by atoms with Crippen molar-refractivity contribution in [2.75, 3.05) is 6.54 Å². The molecule has 1 aromatic carbocycles. The number of carbonyl (C=O) groups is 4. The van der Waals surface area contributed by atoms with E-state index >= 15 is 0 Å². The summed E-state index contributed by atoms with van der Waals surface area (Å²) in [7, 11) is 0. The standard InChI is InChI=1S/C17H20N2O7/c1-3-18-11(2)16(22)25-13-6-4-12(5-7-13)10-24-17(23)26-19-14(20)8-9-15(19)21/h4-7,11,18H,3,8-10H2,1-2H3. The lowest BCUT2D eigenvalue weighted by atomic mass is 10.2. The van der Waals surface area contributed by atoms with Crippen LogP contribution in [-0.4, -0.2) is 41.6 Å². The summed E-state index contributed by atoms with van der Waals surface area (Å²) in [5, 5.41) is 3.36. The zero-order chi connectivity index (χ0) is 19.1. The highest BCUT2D eigenvalue weighted by Gasteiger charge is 2.33. The first kappa shape index (κ1) is 19.4. The molecule has 1 heterocycles. The second kappa shape index (κ2) is 8.95. The molecule has 0 aliphatic carbocycles. The molecule has 9 nitrogen and oxygen atoms in total. The van der Waals surface area contributed by atoms with Crippen molar-refractivity contribution in [3.8, 4) is 5.75 Å². The number of amides is 2. The Balaban J connectivity index is 1.80. The minimum Gasteiger partial charge on any atom is -0.428 e. The van der Waals surface area contributed by atoms with Crippen LogP contribution in [0.5, 0.6) is 5.75 Å². The highest BCUT2D eigenvalue weighted by Crippen LogP contribution is 2.15. The summed E-state index contributed by atoms with van der Waals surface area (Å²) < 4.78 is 10.1. The fourth-order valence-corrected chi connectivity index (χ4v) is 2.15. The van der Waals surface area contributed by atoms with Gasteiger partial charge in [-0.2, -0.15) is 0 Å². The van der Waals surface area contributed by atoms with Crippen molar-refractivity contribution >= 4 is 23.9 Å². The summed E-state index contributed by atoms with van der Waals surface area (Å²) in [6.07, 6.45) is -1.12. The number of hydroxylamine groups is 2. The first-order chi connectivity index (χ1) is 12.4. The molecule has 0 spiro atoms. The van der Waals surface area contributed by atoms with E-state index in [0.29, 0.717) is 22.9 Å². The Labute approximate surface area is 150 Å². The minimum absolute atomic E-state index is 0.0126. The number of carbonyl (C=O) groups excluding carboxylic acids is 4. The van der Waals surface area contributed by atoms with Gasteiger partial charge in [0.25, 0.3) is 11.8 Å². The fraction of sp³-hybridized carbons (Fsp3) is 0.412. The van der Waals surface area contributed by atoms with Gasteiger partial charge in [-0.3, -0.25) is 14.4 Å². The minimum atomic E-state index is -1.15. The predicted octanol–water partition coefficient (Wildman–Crippen LogP) is 1.31. The third-order valence-corrected chi connectivity index (χ3v) is 3.53. The van der Waals surface area contributed by atoms with E-state index in [-0.39, 0.29) is 19.4 Å². The van der Waals surface area contributed by atoms with Crippen molar-refractivity contribution in [3.63, 3.8) is 0 Å². The van der Waals surface area contributed by atoms with Gasteiger partial charge in [-0.05, 0) is 31.2 Å². The van der Waals surface area contributed by atoms with Crippen LogP contribution in [0, 0.1) is 0 Å². The molecule has 1 fully saturated rings. The molecule has 1 saturated heterocycles. The van der Waals surface area contributed by atoms with Gasteiger partial charge < -0.3 is 14.8 Å². The van der Waals surface area contributed by atoms with Crippen LogP contribution in [0.25, 0.3) is 0 Å². The van der Waals surface area contributed by atoms with Crippen LogP contribution in [0.1, 0.15) is 32.3 Å². The van der Waals surface area contributed by atoms with Gasteiger partial charge in [0.2, 0.25) is 0 Å². The molecule has 26 heavy (non-hydrogen) atoms. The van der Waals surface area contributed by atoms with Gasteiger partial charge in [0.1, 0.15) is 18.4 Å². The Morgan fingerprint density at radius 2 is 1.77 bits per heavy atom. The van der Waals surface area contributed by atoms with Crippen LogP contribution in [0.2, 0.25) is 0 Å². The number of ether oxygens (including phenoxy) is 2. The highest BCUT2D eigenvalue weighted by molar-refractivity contribution is 6.01. The van der Waals surface area contributed by atoms with Gasteiger partial charge in [0.15, 0.2) is 0 Å². The molecule has 0 radical (unpaired) electrons. The lowest BCUT2D eigenvalue weighted by Gasteiger charge is -2.13. The third-order valence-electron chi connectivity index (χ3n) is 3.53. The van der Waals surface area contributed by atoms with Crippen LogP contribution in [-0.2, 0) is 30.6 Å². The number of hydrogen-bond donors (Lipinski definition) is 1. The van der Waals surface area contributed by atoms with Gasteiger partial charge in [-0.15, -0.1) is 0 Å². The molecular formula is C17H20N2O7. The highest BCUT2D eigenvalue weighted by atomic mass is 16.8. The molecule has 140 valence electrons. The number of rotatable bonds is 7. The van der Waals surface area contributed by atoms with E-state index in [0.717, 1.165) is 0 Å². The molecular weight excluding hydrogens is 344 g/mol. The van der Waals surface area contributed by atoms with Crippen molar-refractivity contribution in [2.45, 2.75) is 39.3 Å². The number of nitrogens with zero attached hydrogens (tertiary/aromatic N) is 1. The Morgan fingerprint density at radius 1 is 1.15 bits per heavy atom. The van der Waals surface area contributed by atoms with Crippen molar-refractivity contribution < 1.29 is 33.5 Å². The van der Waals surface area contributed by atoms with E-state index in [1.54, 1.807) is 31.2 Å². The molecule has 0 bridgehead atoms. The summed E-state index contributed by atoms with van der Waals surface area (Å²) in [4.78, 5) is 50.6. The van der Waals surface area contributed by atoms with E-state index in [2.05, 4.69) is 10.2 Å². The van der Waals surface area contributed by atoms with Crippen molar-refractivity contribution in [1.82, 2.24) is 10.4 Å². The molecule has 1 aliphatic heterocycles. The largest absolute Gasteiger partial charge is 0.534 e. The Hall–Kier alpha value is -2.94. The smallest absolute Gasteiger partial charge is 0.428 e. The van der Waals surface area contributed by atoms with E-state index in [9.17, 15) is 19.2 Å². The predicted molar refractivity (Wildman–Crippen MR) is 87.6 cm³/mol. The number of hydrogen-bond acceptors (Lipinski definition) is 8. The zero-order valence-electron chi connectivity index (χ0n) is 14.5. The summed E-state index contributed by atoms with van der Waals surface area (Å²) in [5.41, 5.74) is 0.612. The van der Waals surface area contributed by atoms with Gasteiger partial charge in [0.05, 0.1) is 0 Å². The maximum atomic E-state index is 11.8. The topological polar surface area (TPSA) is 111 Å². The van der Waals surface area contributed by atoms with Crippen LogP contribution in [0.4, 0.5) is 4.79 Å². The number of imide groups is 1. The number of nitrogens with one attached hydrogen (secondary N) is 1. The fourth-order valence-electron chi connectivity index (χ4n) is 2.15. The lowest BCUT2D eigenvalue weighted by molar-refractivity contribution is -0.177. The number of benzene rings is 1. The maximum Gasteiger partial charge on any atom is 0.534 e. The number of esters is 1. The third kappa shape index (κ3) is 5.28. The molecule has 1 N–H and O–H groups in total. The molecule has 0 saturated carbocycles. The van der Waals surface area contributed by atoms with Gasteiger partial charge in [-0.25, -0.2) is 9.59 Å². The average Bonchev–Trinajstić information content (AvgIpc) is 2.93. The van der Waals surface area contributed by atoms with Gasteiger partial charge >= 0.3 is 12.1 Å². The Morgan fingerprint density at radius 3 is 2.35 bits per heavy atom. The van der Waals surface area contributed by atoms with Crippen molar-refractivity contribution in [3.05, 3.63) is 29.8 Å². The SMILES string of the molecule is CCNC(C)C(=O)Oc1ccc(COC(=O)ON2C(=O)CCC2=O)cc1. The molecule has 1 atom stereocenters. The summed E-state index contributed by atoms with van der Waals surface area (Å²) in [6.45, 7) is 4.11. The van der Waals surface area contributed by atoms with Crippen molar-refractivity contribution in [1.29, 1.82) is 0 Å². The van der Waals surface area contributed by atoms with Crippen molar-refractivity contribution in [2.24, 2.45) is 0 Å². The van der Waals surface area contributed by atoms with E-state index in [4.69, 9.17) is 9.47 Å². The van der Waals surface area contributed by atoms with Gasteiger partial charge in [-0.1, -0.05) is 24.1 Å². The molecule has 2 rings (SSSR count). The second-order valence-electron chi connectivity index (χ2n) is 5.56. The van der Waals surface area contributed by atoms with Crippen LogP contribution >= 0.6 is 0 Å². The Bertz CT molecular complexity index is 671. The summed E-state index contributed by atoms with van der Waals surface area (Å²) in [5.74, 6) is -1.20. The molecule has 9 heteroatoms. The zero-order valence-corrected chi connectivity index (χ0v) is 14.5. The van der Waals surface area contributed by atoms with E-state index in [1.807, 2.05) is 6.92 Å². The first-order valence-corrected chi connectivity index (χ1v) is 8.15. The first-order valence-electron chi connectivity index (χ1n) is 8.15. The lowest BCUT2D eigenvalue weighted by Crippen LogP contribution is -2.36. The normalized spacial score (nSPS) is 14.9. The molecule has 0 aromatic heterocycles. The quantitative estimate of drug-likeness (QED) is 0.438. The van der Waals surface area contributed by atoms with E-state index in [1.165, 1.54) is 0 Å². The van der Waals surface area contributed by atoms with E-state index < -0.39 is 30.0 Å². The Kier molecular flexibility index (Phi) is 6.67. The molecule has 2 amide bonds. The monoisotopic (exact) mass is 364 g/mol. The summed E-state index contributed by atoms with van der Waals surface area (Å²) >= 11 is 0. The van der Waals surface area contributed by atoms with Crippen LogP contribution in [0.3, 0.4) is 0 Å². The molecule has 1 aliphatic rings. The average molecular weight is 364 g/mol.